The zero-order valence-corrected chi connectivity index (χ0v) is 13.4. The molecular weight excluding hydrogens is 312 g/mol. The first-order valence-corrected chi connectivity index (χ1v) is 8.19. The summed E-state index contributed by atoms with van der Waals surface area (Å²) in [4.78, 5) is 1.13. The lowest BCUT2D eigenvalue weighted by Crippen LogP contribution is -1.97. The van der Waals surface area contributed by atoms with Crippen molar-refractivity contribution < 1.29 is 9.47 Å². The molecule has 0 saturated carbocycles. The van der Waals surface area contributed by atoms with Crippen molar-refractivity contribution in [3.05, 3.63) is 46.2 Å². The van der Waals surface area contributed by atoms with E-state index in [9.17, 15) is 0 Å². The normalized spacial score (nSPS) is 12.6. The van der Waals surface area contributed by atoms with Crippen molar-refractivity contribution in [1.82, 2.24) is 0 Å². The predicted octanol–water partition coefficient (Wildman–Crippen LogP) is 5.31. The molecule has 104 valence electrons. The summed E-state index contributed by atoms with van der Waals surface area (Å²) in [6.45, 7) is 0. The molecule has 0 aliphatic rings. The fraction of sp³-hybridized carbons (Fsp3) is 0.200. The summed E-state index contributed by atoms with van der Waals surface area (Å²) in [5.74, 6) is 1.56. The summed E-state index contributed by atoms with van der Waals surface area (Å²) < 4.78 is 13.2. The molecule has 2 heterocycles. The number of benzene rings is 1. The molecule has 0 amide bonds. The zero-order chi connectivity index (χ0) is 14.1. The van der Waals surface area contributed by atoms with E-state index in [1.54, 1.807) is 36.9 Å². The Balaban J connectivity index is 2.04. The number of rotatable bonds is 4. The third kappa shape index (κ3) is 2.39. The van der Waals surface area contributed by atoms with E-state index < -0.39 is 0 Å². The Hall–Kier alpha value is -1.23. The number of alkyl halides is 1. The Labute approximate surface area is 130 Å². The molecule has 5 heteroatoms. The summed E-state index contributed by atoms with van der Waals surface area (Å²) in [5, 5.41) is 1.87. The second-order valence-electron chi connectivity index (χ2n) is 4.27. The molecule has 0 aliphatic heterocycles. The van der Waals surface area contributed by atoms with Gasteiger partial charge in [-0.2, -0.15) is 0 Å². The average Bonchev–Trinajstić information content (AvgIpc) is 3.07. The van der Waals surface area contributed by atoms with Crippen LogP contribution in [0.5, 0.6) is 11.5 Å². The first-order chi connectivity index (χ1) is 9.72. The number of hydrogen-bond donors (Lipinski definition) is 0. The fourth-order valence-corrected chi connectivity index (χ4v) is 4.58. The summed E-state index contributed by atoms with van der Waals surface area (Å²) in [5.41, 5.74) is 0.933. The topological polar surface area (TPSA) is 18.5 Å². The molecule has 2 nitrogen and oxygen atoms in total. The molecule has 3 rings (SSSR count). The van der Waals surface area contributed by atoms with E-state index in [1.807, 2.05) is 18.2 Å². The predicted molar refractivity (Wildman–Crippen MR) is 86.9 cm³/mol. The molecule has 1 atom stereocenters. The minimum atomic E-state index is -0.232. The third-order valence-electron chi connectivity index (χ3n) is 3.12. The van der Waals surface area contributed by atoms with Crippen molar-refractivity contribution in [3.63, 3.8) is 0 Å². The van der Waals surface area contributed by atoms with Crippen LogP contribution in [0.2, 0.25) is 0 Å². The van der Waals surface area contributed by atoms with E-state index in [0.717, 1.165) is 21.9 Å². The molecule has 3 aromatic rings. The van der Waals surface area contributed by atoms with Gasteiger partial charge in [-0.25, -0.2) is 0 Å². The minimum Gasteiger partial charge on any atom is -0.497 e. The second kappa shape index (κ2) is 5.64. The van der Waals surface area contributed by atoms with Crippen LogP contribution >= 0.6 is 34.3 Å². The van der Waals surface area contributed by atoms with Gasteiger partial charge in [0.1, 0.15) is 11.5 Å². The smallest absolute Gasteiger partial charge is 0.124 e. The van der Waals surface area contributed by atoms with Crippen LogP contribution in [0.4, 0.5) is 0 Å². The standard InChI is InChI=1S/C15H13ClO2S2/c1-17-9-3-4-11(18-2)10(7-9)15(16)14-8-13-12(20-14)5-6-19-13/h3-8,15H,1-2H3. The molecule has 1 aromatic carbocycles. The highest BCUT2D eigenvalue weighted by Crippen LogP contribution is 2.42. The fourth-order valence-electron chi connectivity index (χ4n) is 2.10. The zero-order valence-electron chi connectivity index (χ0n) is 11.1. The number of halogens is 1. The van der Waals surface area contributed by atoms with E-state index in [4.69, 9.17) is 21.1 Å². The lowest BCUT2D eigenvalue weighted by molar-refractivity contribution is 0.399. The van der Waals surface area contributed by atoms with Crippen LogP contribution in [0.25, 0.3) is 9.40 Å². The van der Waals surface area contributed by atoms with E-state index in [0.29, 0.717) is 0 Å². The van der Waals surface area contributed by atoms with Crippen LogP contribution in [-0.2, 0) is 0 Å². The van der Waals surface area contributed by atoms with Crippen molar-refractivity contribution >= 4 is 43.7 Å². The Morgan fingerprint density at radius 3 is 2.60 bits per heavy atom. The second-order valence-corrected chi connectivity index (χ2v) is 6.77. The van der Waals surface area contributed by atoms with E-state index >= 15 is 0 Å². The highest BCUT2D eigenvalue weighted by molar-refractivity contribution is 7.27. The minimum absolute atomic E-state index is 0.232. The molecule has 0 fully saturated rings. The first kappa shape index (κ1) is 13.7. The van der Waals surface area contributed by atoms with E-state index in [1.165, 1.54) is 9.40 Å². The quantitative estimate of drug-likeness (QED) is 0.606. The van der Waals surface area contributed by atoms with Crippen LogP contribution in [0.3, 0.4) is 0 Å². The van der Waals surface area contributed by atoms with Gasteiger partial charge >= 0.3 is 0 Å². The molecule has 0 spiro atoms. The van der Waals surface area contributed by atoms with Gasteiger partial charge in [0.05, 0.1) is 19.6 Å². The SMILES string of the molecule is COc1ccc(OC)c(C(Cl)c2cc3sccc3s2)c1. The van der Waals surface area contributed by atoms with Gasteiger partial charge in [0, 0.05) is 19.8 Å². The van der Waals surface area contributed by atoms with Crippen LogP contribution in [0.15, 0.2) is 35.7 Å². The van der Waals surface area contributed by atoms with Crippen LogP contribution in [0, 0.1) is 0 Å². The molecule has 0 radical (unpaired) electrons. The molecular formula is C15H13ClO2S2. The summed E-state index contributed by atoms with van der Waals surface area (Å²) in [7, 11) is 3.30. The van der Waals surface area contributed by atoms with Gasteiger partial charge in [0.15, 0.2) is 0 Å². The van der Waals surface area contributed by atoms with Crippen molar-refractivity contribution in [1.29, 1.82) is 0 Å². The molecule has 0 saturated heterocycles. The Morgan fingerprint density at radius 1 is 1.05 bits per heavy atom. The maximum absolute atomic E-state index is 6.65. The number of thiophene rings is 2. The first-order valence-electron chi connectivity index (χ1n) is 6.06. The van der Waals surface area contributed by atoms with Crippen LogP contribution in [0.1, 0.15) is 15.8 Å². The van der Waals surface area contributed by atoms with Gasteiger partial charge in [-0.3, -0.25) is 0 Å². The van der Waals surface area contributed by atoms with Gasteiger partial charge in [-0.05, 0) is 35.7 Å². The molecule has 0 bridgehead atoms. The van der Waals surface area contributed by atoms with Crippen LogP contribution in [-0.4, -0.2) is 14.2 Å². The number of hydrogen-bond acceptors (Lipinski definition) is 4. The van der Waals surface area contributed by atoms with Gasteiger partial charge in [-0.15, -0.1) is 34.3 Å². The highest BCUT2D eigenvalue weighted by atomic mass is 35.5. The number of fused-ring (bicyclic) bond motifs is 1. The average molecular weight is 325 g/mol. The van der Waals surface area contributed by atoms with Crippen molar-refractivity contribution in [2.75, 3.05) is 14.2 Å². The summed E-state index contributed by atoms with van der Waals surface area (Å²) in [6, 6.07) is 9.98. The van der Waals surface area contributed by atoms with Gasteiger partial charge < -0.3 is 9.47 Å². The molecule has 0 N–H and O–H groups in total. The van der Waals surface area contributed by atoms with Crippen molar-refractivity contribution in [3.8, 4) is 11.5 Å². The molecule has 20 heavy (non-hydrogen) atoms. The van der Waals surface area contributed by atoms with Gasteiger partial charge in [0.25, 0.3) is 0 Å². The maximum Gasteiger partial charge on any atom is 0.124 e. The van der Waals surface area contributed by atoms with Gasteiger partial charge in [-0.1, -0.05) is 0 Å². The summed E-state index contributed by atoms with van der Waals surface area (Å²) >= 11 is 10.1. The maximum atomic E-state index is 6.65. The number of ether oxygens (including phenoxy) is 2. The van der Waals surface area contributed by atoms with Crippen LogP contribution < -0.4 is 9.47 Å². The van der Waals surface area contributed by atoms with Crippen molar-refractivity contribution in [2.24, 2.45) is 0 Å². The van der Waals surface area contributed by atoms with Gasteiger partial charge in [0.2, 0.25) is 0 Å². The van der Waals surface area contributed by atoms with E-state index in [-0.39, 0.29) is 5.38 Å². The highest BCUT2D eigenvalue weighted by Gasteiger charge is 2.19. The monoisotopic (exact) mass is 324 g/mol. The lowest BCUT2D eigenvalue weighted by Gasteiger charge is -2.14. The van der Waals surface area contributed by atoms with Crippen molar-refractivity contribution in [2.45, 2.75) is 5.38 Å². The number of methoxy groups -OCH3 is 2. The van der Waals surface area contributed by atoms with E-state index in [2.05, 4.69) is 17.5 Å². The molecule has 0 aliphatic carbocycles. The Kier molecular flexibility index (Phi) is 3.87. The summed E-state index contributed by atoms with van der Waals surface area (Å²) in [6.07, 6.45) is 0. The molecule has 2 aromatic heterocycles. The Morgan fingerprint density at radius 2 is 1.90 bits per heavy atom. The Bertz CT molecular complexity index is 704. The third-order valence-corrected chi connectivity index (χ3v) is 5.88. The lowest BCUT2D eigenvalue weighted by atomic mass is 10.1. The molecule has 1 unspecified atom stereocenters. The largest absolute Gasteiger partial charge is 0.497 e.